The summed E-state index contributed by atoms with van der Waals surface area (Å²) in [5.41, 5.74) is 1.32. The summed E-state index contributed by atoms with van der Waals surface area (Å²) in [5.74, 6) is 0.681. The lowest BCUT2D eigenvalue weighted by Crippen LogP contribution is -2.50. The van der Waals surface area contributed by atoms with E-state index in [0.29, 0.717) is 47.0 Å². The summed E-state index contributed by atoms with van der Waals surface area (Å²) in [6.45, 7) is 9.11. The number of piperazine rings is 1. The van der Waals surface area contributed by atoms with Crippen molar-refractivity contribution < 1.29 is 9.53 Å². The molecule has 0 unspecified atom stereocenters. The second-order valence-electron chi connectivity index (χ2n) is 12.3. The Kier molecular flexibility index (Phi) is 10.3. The molecule has 10 heteroatoms. The number of hydrogen-bond donors (Lipinski definition) is 0. The zero-order valence-electron chi connectivity index (χ0n) is 25.4. The van der Waals surface area contributed by atoms with Crippen LogP contribution in [0.4, 0.5) is 10.5 Å². The third-order valence-corrected chi connectivity index (χ3v) is 10.3. The molecule has 3 aromatic rings. The summed E-state index contributed by atoms with van der Waals surface area (Å²) in [6.07, 6.45) is 7.75. The molecular weight excluding hydrogens is 597 g/mol. The maximum Gasteiger partial charge on any atom is 0.331 e. The molecule has 0 radical (unpaired) electrons. The van der Waals surface area contributed by atoms with Crippen LogP contribution in [0, 0.1) is 0 Å². The van der Waals surface area contributed by atoms with Gasteiger partial charge in [0, 0.05) is 57.4 Å². The van der Waals surface area contributed by atoms with Crippen LogP contribution in [0.15, 0.2) is 53.3 Å². The maximum absolute atomic E-state index is 13.6. The highest BCUT2D eigenvalue weighted by Gasteiger charge is 2.29. The number of rotatable bonds is 8. The van der Waals surface area contributed by atoms with Gasteiger partial charge in [-0.25, -0.2) is 9.36 Å². The van der Waals surface area contributed by atoms with Gasteiger partial charge >= 0.3 is 6.03 Å². The number of unbranched alkanes of at least 4 members (excludes halogenated alkanes) is 1. The largest absolute Gasteiger partial charge is 0.494 e. The number of amides is 1. The fraction of sp³-hybridized carbons (Fsp3) is 0.529. The number of nitrogens with zero attached hydrogens (tertiary/aromatic N) is 5. The Balaban J connectivity index is 0.990. The van der Waals surface area contributed by atoms with Crippen LogP contribution in [-0.2, 0) is 0 Å². The molecule has 0 bridgehead atoms. The molecule has 3 fully saturated rings. The van der Waals surface area contributed by atoms with Crippen molar-refractivity contribution in [3.05, 3.63) is 68.9 Å². The van der Waals surface area contributed by atoms with Crippen LogP contribution < -0.4 is 15.2 Å². The predicted octanol–water partition coefficient (Wildman–Crippen LogP) is 6.21. The number of carbonyl (C=O) groups excluding carboxylic acids is 1. The van der Waals surface area contributed by atoms with Crippen molar-refractivity contribution in [3.8, 4) is 5.75 Å². The first-order chi connectivity index (χ1) is 21.5. The number of carbonyl (C=O) groups is 1. The molecule has 44 heavy (non-hydrogen) atoms. The Hall–Kier alpha value is -2.78. The van der Waals surface area contributed by atoms with Gasteiger partial charge in [-0.05, 0) is 93.9 Å². The van der Waals surface area contributed by atoms with Gasteiger partial charge in [0.2, 0.25) is 0 Å². The van der Waals surface area contributed by atoms with Gasteiger partial charge in [-0.1, -0.05) is 35.7 Å². The van der Waals surface area contributed by atoms with Crippen LogP contribution in [0.5, 0.6) is 5.75 Å². The monoisotopic (exact) mass is 639 g/mol. The number of aromatic nitrogens is 1. The fourth-order valence-electron chi connectivity index (χ4n) is 6.92. The van der Waals surface area contributed by atoms with Crippen LogP contribution in [0.25, 0.3) is 10.9 Å². The first-order valence-corrected chi connectivity index (χ1v) is 17.0. The highest BCUT2D eigenvalue weighted by molar-refractivity contribution is 6.43. The van der Waals surface area contributed by atoms with Gasteiger partial charge < -0.3 is 19.4 Å². The minimum absolute atomic E-state index is 0.229. The van der Waals surface area contributed by atoms with E-state index in [0.717, 1.165) is 69.5 Å². The van der Waals surface area contributed by atoms with Crippen molar-refractivity contribution in [3.63, 3.8) is 0 Å². The second-order valence-corrected chi connectivity index (χ2v) is 13.1. The quantitative estimate of drug-likeness (QED) is 0.273. The Morgan fingerprint density at radius 2 is 1.59 bits per heavy atom. The van der Waals surface area contributed by atoms with Crippen LogP contribution in [0.3, 0.4) is 0 Å². The molecule has 236 valence electrons. The maximum atomic E-state index is 13.6. The van der Waals surface area contributed by atoms with E-state index in [4.69, 9.17) is 27.9 Å². The molecule has 6 rings (SSSR count). The number of likely N-dealkylation sites (tertiary alicyclic amines) is 2. The lowest BCUT2D eigenvalue weighted by atomic mass is 10.00. The number of hydrogen-bond acceptors (Lipinski definition) is 6. The molecule has 1 amide bonds. The molecule has 4 heterocycles. The Morgan fingerprint density at radius 3 is 2.36 bits per heavy atom. The molecular formula is C34H43Cl2N5O3. The number of fused-ring (bicyclic) bond motifs is 1. The third kappa shape index (κ3) is 7.20. The molecule has 0 spiro atoms. The highest BCUT2D eigenvalue weighted by atomic mass is 35.5. The number of pyridine rings is 1. The summed E-state index contributed by atoms with van der Waals surface area (Å²) in [6, 6.07) is 15.1. The first kappa shape index (κ1) is 31.2. The van der Waals surface area contributed by atoms with Gasteiger partial charge in [-0.3, -0.25) is 9.69 Å². The molecule has 0 atom stereocenters. The molecule has 1 aromatic heterocycles. The smallest absolute Gasteiger partial charge is 0.331 e. The van der Waals surface area contributed by atoms with Gasteiger partial charge in [0.15, 0.2) is 0 Å². The fourth-order valence-corrected chi connectivity index (χ4v) is 7.34. The molecule has 3 aliphatic heterocycles. The number of ether oxygens (including phenoxy) is 1. The number of piperidine rings is 2. The van der Waals surface area contributed by atoms with Crippen LogP contribution in [0.1, 0.15) is 44.9 Å². The summed E-state index contributed by atoms with van der Waals surface area (Å²) in [7, 11) is 0. The van der Waals surface area contributed by atoms with Gasteiger partial charge in [0.05, 0.1) is 27.9 Å². The van der Waals surface area contributed by atoms with E-state index in [1.807, 2.05) is 41.3 Å². The van der Waals surface area contributed by atoms with Crippen LogP contribution in [-0.4, -0.2) is 96.8 Å². The van der Waals surface area contributed by atoms with Crippen molar-refractivity contribution in [2.45, 2.75) is 51.0 Å². The first-order valence-electron chi connectivity index (χ1n) is 16.2. The second kappa shape index (κ2) is 14.5. The number of benzene rings is 2. The zero-order chi connectivity index (χ0) is 30.5. The lowest BCUT2D eigenvalue weighted by molar-refractivity contribution is 0.102. The Labute approximate surface area is 270 Å². The molecule has 0 aliphatic carbocycles. The van der Waals surface area contributed by atoms with Gasteiger partial charge in [-0.15, -0.1) is 0 Å². The lowest BCUT2D eigenvalue weighted by Gasteiger charge is -2.40. The summed E-state index contributed by atoms with van der Waals surface area (Å²) in [5, 5.41) is 2.07. The topological polar surface area (TPSA) is 61.3 Å². The van der Waals surface area contributed by atoms with Gasteiger partial charge in [0.1, 0.15) is 5.75 Å². The van der Waals surface area contributed by atoms with Crippen LogP contribution in [0.2, 0.25) is 10.0 Å². The average Bonchev–Trinajstić information content (AvgIpc) is 3.06. The summed E-state index contributed by atoms with van der Waals surface area (Å²) >= 11 is 12.6. The van der Waals surface area contributed by atoms with Gasteiger partial charge in [-0.2, -0.15) is 0 Å². The normalized spacial score (nSPS) is 19.0. The Morgan fingerprint density at radius 1 is 0.841 bits per heavy atom. The highest BCUT2D eigenvalue weighted by Crippen LogP contribution is 2.33. The molecule has 3 saturated heterocycles. The molecule has 0 N–H and O–H groups in total. The van der Waals surface area contributed by atoms with Crippen LogP contribution >= 0.6 is 23.2 Å². The van der Waals surface area contributed by atoms with Crippen molar-refractivity contribution in [2.24, 2.45) is 0 Å². The predicted molar refractivity (Wildman–Crippen MR) is 179 cm³/mol. The van der Waals surface area contributed by atoms with E-state index >= 15 is 0 Å². The standard InChI is InChI=1S/C34H43Cl2N5O3/c35-29-7-6-8-30(33(29)36)39-22-20-37(21-23-39)15-4-5-24-44-28-11-9-26-10-12-32(42)41(31(26)25-28)34(43)40-18-13-27(14-19-40)38-16-2-1-3-17-38/h6-12,25,27H,1-5,13-24H2. The summed E-state index contributed by atoms with van der Waals surface area (Å²) < 4.78 is 7.44. The van der Waals surface area contributed by atoms with E-state index in [1.54, 1.807) is 6.07 Å². The van der Waals surface area contributed by atoms with E-state index < -0.39 is 0 Å². The number of halogens is 2. The third-order valence-electron chi connectivity index (χ3n) is 9.48. The van der Waals surface area contributed by atoms with Gasteiger partial charge in [0.25, 0.3) is 5.56 Å². The van der Waals surface area contributed by atoms with E-state index in [1.165, 1.54) is 43.0 Å². The SMILES string of the molecule is O=C(N1CCC(N2CCCCC2)CC1)n1c(=O)ccc2ccc(OCCCCN3CCN(c4cccc(Cl)c4Cl)CC3)cc21. The van der Waals surface area contributed by atoms with E-state index in [9.17, 15) is 9.59 Å². The van der Waals surface area contributed by atoms with Crippen molar-refractivity contribution in [1.82, 2.24) is 19.3 Å². The van der Waals surface area contributed by atoms with E-state index in [2.05, 4.69) is 14.7 Å². The Bertz CT molecular complexity index is 1490. The molecule has 3 aliphatic rings. The molecule has 8 nitrogen and oxygen atoms in total. The number of anilines is 1. The average molecular weight is 641 g/mol. The van der Waals surface area contributed by atoms with Crippen molar-refractivity contribution in [1.29, 1.82) is 0 Å². The molecule has 2 aromatic carbocycles. The summed E-state index contributed by atoms with van der Waals surface area (Å²) in [4.78, 5) is 35.8. The minimum atomic E-state index is -0.296. The van der Waals surface area contributed by atoms with Crippen molar-refractivity contribution >= 4 is 45.8 Å². The minimum Gasteiger partial charge on any atom is -0.494 e. The van der Waals surface area contributed by atoms with E-state index in [-0.39, 0.29) is 11.6 Å². The van der Waals surface area contributed by atoms with Crippen molar-refractivity contribution in [2.75, 3.05) is 70.4 Å². The zero-order valence-corrected chi connectivity index (χ0v) is 26.9. The molecule has 0 saturated carbocycles.